The molecule has 8 heteroatoms. The predicted octanol–water partition coefficient (Wildman–Crippen LogP) is 1.86. The van der Waals surface area contributed by atoms with E-state index in [2.05, 4.69) is 5.32 Å². The summed E-state index contributed by atoms with van der Waals surface area (Å²) in [6.07, 6.45) is 2.98. The maximum Gasteiger partial charge on any atom is 0.326 e. The van der Waals surface area contributed by atoms with Gasteiger partial charge in [0.1, 0.15) is 11.7 Å². The van der Waals surface area contributed by atoms with E-state index >= 15 is 0 Å². The second kappa shape index (κ2) is 5.86. The summed E-state index contributed by atoms with van der Waals surface area (Å²) >= 11 is 0. The Hall–Kier alpha value is -2.64. The van der Waals surface area contributed by atoms with Crippen molar-refractivity contribution in [3.05, 3.63) is 33.9 Å². The number of nitrogens with one attached hydrogen (secondary N) is 1. The van der Waals surface area contributed by atoms with Crippen LogP contribution in [0.1, 0.15) is 36.0 Å². The van der Waals surface area contributed by atoms with Crippen LogP contribution in [0.3, 0.4) is 0 Å². The van der Waals surface area contributed by atoms with Gasteiger partial charge in [0.25, 0.3) is 11.6 Å². The van der Waals surface area contributed by atoms with E-state index in [0.717, 1.165) is 12.8 Å². The molecule has 0 spiro atoms. The van der Waals surface area contributed by atoms with Crippen LogP contribution in [0.5, 0.6) is 0 Å². The van der Waals surface area contributed by atoms with Crippen LogP contribution in [0.2, 0.25) is 0 Å². The summed E-state index contributed by atoms with van der Waals surface area (Å²) in [4.78, 5) is 35.7. The summed E-state index contributed by atoms with van der Waals surface area (Å²) < 4.78 is 0. The predicted molar refractivity (Wildman–Crippen MR) is 81.4 cm³/mol. The summed E-state index contributed by atoms with van der Waals surface area (Å²) in [7, 11) is 0. The molecule has 1 atom stereocenters. The number of anilines is 1. The monoisotopic (exact) mass is 319 g/mol. The number of carboxylic acid groups (broad SMARTS) is 1. The summed E-state index contributed by atoms with van der Waals surface area (Å²) in [5.74, 6) is -1.52. The Morgan fingerprint density at radius 2 is 2.04 bits per heavy atom. The largest absolute Gasteiger partial charge is 0.480 e. The minimum Gasteiger partial charge on any atom is -0.480 e. The highest BCUT2D eigenvalue weighted by atomic mass is 16.6. The van der Waals surface area contributed by atoms with Crippen molar-refractivity contribution < 1.29 is 19.6 Å². The molecule has 1 saturated carbocycles. The molecule has 122 valence electrons. The third-order valence-electron chi connectivity index (χ3n) is 4.18. The molecule has 0 bridgehead atoms. The van der Waals surface area contributed by atoms with Crippen LogP contribution in [-0.4, -0.2) is 45.4 Å². The molecule has 1 heterocycles. The van der Waals surface area contributed by atoms with Crippen LogP contribution in [0.15, 0.2) is 18.2 Å². The molecule has 2 fully saturated rings. The molecule has 3 rings (SSSR count). The first kappa shape index (κ1) is 15.3. The lowest BCUT2D eigenvalue weighted by atomic mass is 10.1. The minimum atomic E-state index is -1.04. The van der Waals surface area contributed by atoms with Crippen molar-refractivity contribution in [3.8, 4) is 0 Å². The van der Waals surface area contributed by atoms with E-state index in [4.69, 9.17) is 5.11 Å². The number of rotatable bonds is 5. The van der Waals surface area contributed by atoms with E-state index in [1.165, 1.54) is 23.1 Å². The van der Waals surface area contributed by atoms with E-state index in [0.29, 0.717) is 25.1 Å². The fraction of sp³-hybridized carbons (Fsp3) is 0.467. The van der Waals surface area contributed by atoms with Gasteiger partial charge in [0.2, 0.25) is 0 Å². The van der Waals surface area contributed by atoms with Crippen LogP contribution in [0.25, 0.3) is 0 Å². The first-order chi connectivity index (χ1) is 11.0. The zero-order valence-corrected chi connectivity index (χ0v) is 12.4. The Bertz CT molecular complexity index is 671. The highest BCUT2D eigenvalue weighted by Crippen LogP contribution is 2.32. The number of likely N-dealkylation sites (tertiary alicyclic amines) is 1. The van der Waals surface area contributed by atoms with Gasteiger partial charge >= 0.3 is 5.97 Å². The Morgan fingerprint density at radius 1 is 1.30 bits per heavy atom. The van der Waals surface area contributed by atoms with Gasteiger partial charge in [-0.25, -0.2) is 4.79 Å². The molecular formula is C15H17N3O5. The second-order valence-corrected chi connectivity index (χ2v) is 5.90. The highest BCUT2D eigenvalue weighted by Gasteiger charge is 2.35. The molecule has 1 aliphatic heterocycles. The number of carbonyl (C=O) groups excluding carboxylic acids is 1. The summed E-state index contributed by atoms with van der Waals surface area (Å²) in [6.45, 7) is 0.353. The quantitative estimate of drug-likeness (QED) is 0.632. The maximum absolute atomic E-state index is 12.5. The van der Waals surface area contributed by atoms with Crippen molar-refractivity contribution in [2.75, 3.05) is 11.9 Å². The van der Waals surface area contributed by atoms with Gasteiger partial charge in [-0.3, -0.25) is 14.9 Å². The van der Waals surface area contributed by atoms with E-state index in [1.807, 2.05) is 0 Å². The molecule has 1 saturated heterocycles. The minimum absolute atomic E-state index is 0.145. The van der Waals surface area contributed by atoms with Crippen LogP contribution < -0.4 is 5.32 Å². The first-order valence-corrected chi connectivity index (χ1v) is 7.56. The lowest BCUT2D eigenvalue weighted by molar-refractivity contribution is -0.384. The number of amides is 1. The van der Waals surface area contributed by atoms with Crippen molar-refractivity contribution in [1.82, 2.24) is 4.90 Å². The van der Waals surface area contributed by atoms with Crippen LogP contribution >= 0.6 is 0 Å². The third-order valence-corrected chi connectivity index (χ3v) is 4.18. The van der Waals surface area contributed by atoms with Gasteiger partial charge in [-0.05, 0) is 37.8 Å². The Balaban J connectivity index is 1.87. The number of hydrogen-bond acceptors (Lipinski definition) is 5. The van der Waals surface area contributed by atoms with Gasteiger partial charge in [0.15, 0.2) is 0 Å². The van der Waals surface area contributed by atoms with E-state index in [-0.39, 0.29) is 17.3 Å². The average Bonchev–Trinajstić information content (AvgIpc) is 3.18. The van der Waals surface area contributed by atoms with E-state index < -0.39 is 22.8 Å². The van der Waals surface area contributed by atoms with E-state index in [9.17, 15) is 19.7 Å². The summed E-state index contributed by atoms with van der Waals surface area (Å²) in [5.41, 5.74) is 0.380. The lowest BCUT2D eigenvalue weighted by Gasteiger charge is -2.21. The van der Waals surface area contributed by atoms with Crippen molar-refractivity contribution in [2.24, 2.45) is 0 Å². The molecule has 8 nitrogen and oxygen atoms in total. The van der Waals surface area contributed by atoms with Gasteiger partial charge in [-0.1, -0.05) is 0 Å². The highest BCUT2D eigenvalue weighted by molar-refractivity contribution is 5.98. The molecule has 2 N–H and O–H groups in total. The van der Waals surface area contributed by atoms with Crippen molar-refractivity contribution in [2.45, 2.75) is 37.8 Å². The smallest absolute Gasteiger partial charge is 0.326 e. The lowest BCUT2D eigenvalue weighted by Crippen LogP contribution is -2.40. The number of nitro groups is 1. The van der Waals surface area contributed by atoms with Crippen molar-refractivity contribution in [1.29, 1.82) is 0 Å². The first-order valence-electron chi connectivity index (χ1n) is 7.56. The molecule has 0 aromatic heterocycles. The van der Waals surface area contributed by atoms with Gasteiger partial charge in [-0.15, -0.1) is 0 Å². The number of carboxylic acids is 1. The molecule has 1 aromatic carbocycles. The molecule has 2 aliphatic rings. The SMILES string of the molecule is O=C(O)[C@H]1CCCN1C(=O)c1ccc(NC2CC2)c([N+](=O)[O-])c1. The average molecular weight is 319 g/mol. The fourth-order valence-electron chi connectivity index (χ4n) is 2.82. The zero-order chi connectivity index (χ0) is 16.6. The molecule has 1 aromatic rings. The van der Waals surface area contributed by atoms with Crippen LogP contribution in [-0.2, 0) is 4.79 Å². The second-order valence-electron chi connectivity index (χ2n) is 5.90. The van der Waals surface area contributed by atoms with Gasteiger partial charge in [0.05, 0.1) is 4.92 Å². The maximum atomic E-state index is 12.5. The molecule has 23 heavy (non-hydrogen) atoms. The molecule has 1 aliphatic carbocycles. The number of hydrogen-bond donors (Lipinski definition) is 2. The van der Waals surface area contributed by atoms with Crippen molar-refractivity contribution in [3.63, 3.8) is 0 Å². The Kier molecular flexibility index (Phi) is 3.89. The molecule has 0 unspecified atom stereocenters. The summed E-state index contributed by atoms with van der Waals surface area (Å²) in [5, 5.41) is 23.5. The number of benzene rings is 1. The number of nitro benzene ring substituents is 1. The number of aliphatic carboxylic acids is 1. The van der Waals surface area contributed by atoms with E-state index in [1.54, 1.807) is 0 Å². The number of carbonyl (C=O) groups is 2. The normalized spacial score (nSPS) is 20.3. The Morgan fingerprint density at radius 3 is 2.65 bits per heavy atom. The number of nitrogens with zero attached hydrogens (tertiary/aromatic N) is 2. The topological polar surface area (TPSA) is 113 Å². The van der Waals surface area contributed by atoms with Crippen LogP contribution in [0, 0.1) is 10.1 Å². The fourth-order valence-corrected chi connectivity index (χ4v) is 2.82. The molecule has 0 radical (unpaired) electrons. The molecular weight excluding hydrogens is 302 g/mol. The van der Waals surface area contributed by atoms with Crippen LogP contribution in [0.4, 0.5) is 11.4 Å². The van der Waals surface area contributed by atoms with Gasteiger partial charge in [-0.2, -0.15) is 0 Å². The zero-order valence-electron chi connectivity index (χ0n) is 12.4. The van der Waals surface area contributed by atoms with Crippen molar-refractivity contribution >= 4 is 23.3 Å². The standard InChI is InChI=1S/C15H17N3O5/c19-14(17-7-1-2-12(17)15(20)21)9-3-6-11(16-10-4-5-10)13(8-9)18(22)23/h3,6,8,10,12,16H,1-2,4-5,7H2,(H,20,21)/t12-/m1/s1. The molecule has 1 amide bonds. The van der Waals surface area contributed by atoms with Gasteiger partial charge in [0, 0.05) is 24.2 Å². The Labute approximate surface area is 132 Å². The van der Waals surface area contributed by atoms with Gasteiger partial charge < -0.3 is 15.3 Å². The summed E-state index contributed by atoms with van der Waals surface area (Å²) in [6, 6.07) is 3.66. The third kappa shape index (κ3) is 3.10.